The first-order chi connectivity index (χ1) is 10.0. The van der Waals surface area contributed by atoms with Gasteiger partial charge in [-0.25, -0.2) is 0 Å². The Balaban J connectivity index is 2.88. The minimum Gasteiger partial charge on any atom is -0.435 e. The Morgan fingerprint density at radius 3 is 2.24 bits per heavy atom. The molecule has 0 aliphatic heterocycles. The Kier molecular flexibility index (Phi) is 7.64. The third-order valence-corrected chi connectivity index (χ3v) is 3.65. The molecule has 0 spiro atoms. The van der Waals surface area contributed by atoms with Gasteiger partial charge in [-0.1, -0.05) is 29.8 Å². The molecule has 0 unspecified atom stereocenters. The van der Waals surface area contributed by atoms with Crippen molar-refractivity contribution in [2.24, 2.45) is 0 Å². The molecule has 0 aliphatic rings. The number of nitrogens with zero attached hydrogens (tertiary/aromatic N) is 1. The van der Waals surface area contributed by atoms with Gasteiger partial charge in [0.1, 0.15) is 5.75 Å². The van der Waals surface area contributed by atoms with Crippen LogP contribution in [0.3, 0.4) is 0 Å². The number of hydrogen-bond acceptors (Lipinski definition) is 2. The molecule has 3 nitrogen and oxygen atoms in total. The number of halogens is 3. The highest BCUT2D eigenvalue weighted by Crippen LogP contribution is 2.18. The van der Waals surface area contributed by atoms with Crippen LogP contribution in [-0.4, -0.2) is 35.3 Å². The van der Waals surface area contributed by atoms with Crippen LogP contribution in [0.4, 0.5) is 8.78 Å². The van der Waals surface area contributed by atoms with Crippen molar-refractivity contribution in [2.75, 3.05) is 11.9 Å². The van der Waals surface area contributed by atoms with Crippen LogP contribution in [0.2, 0.25) is 0 Å². The fourth-order valence-corrected chi connectivity index (χ4v) is 2.60. The van der Waals surface area contributed by atoms with Crippen molar-refractivity contribution in [2.45, 2.75) is 39.3 Å². The maximum atomic E-state index is 12.5. The number of alkyl halides is 3. The molecule has 6 heteroatoms. The molecule has 1 rings (SSSR count). The van der Waals surface area contributed by atoms with Crippen LogP contribution in [0.15, 0.2) is 24.3 Å². The fourth-order valence-electron chi connectivity index (χ4n) is 2.22. The van der Waals surface area contributed by atoms with E-state index in [4.69, 9.17) is 0 Å². The van der Waals surface area contributed by atoms with Crippen LogP contribution in [0, 0.1) is 0 Å². The Labute approximate surface area is 132 Å². The first-order valence-corrected chi connectivity index (χ1v) is 8.07. The SMILES string of the molecule is CCC(CC)N(CCBr)C(=O)c1ccc(OC(F)F)cc1. The number of rotatable bonds is 8. The van der Waals surface area contributed by atoms with Crippen LogP contribution < -0.4 is 4.74 Å². The zero-order chi connectivity index (χ0) is 15.8. The highest BCUT2D eigenvalue weighted by molar-refractivity contribution is 9.09. The molecule has 0 aromatic heterocycles. The van der Waals surface area contributed by atoms with Gasteiger partial charge in [0.2, 0.25) is 0 Å². The Hall–Kier alpha value is -1.17. The maximum Gasteiger partial charge on any atom is 0.387 e. The lowest BCUT2D eigenvalue weighted by atomic mass is 10.1. The summed E-state index contributed by atoms with van der Waals surface area (Å²) in [7, 11) is 0. The van der Waals surface area contributed by atoms with Crippen LogP contribution in [-0.2, 0) is 0 Å². The second-order valence-corrected chi connectivity index (χ2v) is 5.35. The van der Waals surface area contributed by atoms with Crippen LogP contribution in [0.1, 0.15) is 37.0 Å². The number of carbonyl (C=O) groups excluding carboxylic acids is 1. The summed E-state index contributed by atoms with van der Waals surface area (Å²) >= 11 is 3.36. The molecule has 0 N–H and O–H groups in total. The predicted octanol–water partition coefficient (Wildman–Crippen LogP) is 4.31. The van der Waals surface area contributed by atoms with E-state index in [2.05, 4.69) is 20.7 Å². The van der Waals surface area contributed by atoms with E-state index >= 15 is 0 Å². The molecule has 0 radical (unpaired) electrons. The minimum atomic E-state index is -2.86. The average Bonchev–Trinajstić information content (AvgIpc) is 2.47. The van der Waals surface area contributed by atoms with E-state index in [0.717, 1.165) is 12.8 Å². The smallest absolute Gasteiger partial charge is 0.387 e. The Morgan fingerprint density at radius 2 is 1.81 bits per heavy atom. The van der Waals surface area contributed by atoms with E-state index in [1.54, 1.807) is 0 Å². The largest absolute Gasteiger partial charge is 0.435 e. The molecule has 21 heavy (non-hydrogen) atoms. The van der Waals surface area contributed by atoms with E-state index in [-0.39, 0.29) is 17.7 Å². The number of hydrogen-bond donors (Lipinski definition) is 0. The lowest BCUT2D eigenvalue weighted by Crippen LogP contribution is -2.41. The summed E-state index contributed by atoms with van der Waals surface area (Å²) in [5, 5.41) is 0.696. The molecule has 0 atom stereocenters. The van der Waals surface area contributed by atoms with Gasteiger partial charge in [0, 0.05) is 23.5 Å². The molecule has 0 saturated carbocycles. The van der Waals surface area contributed by atoms with Crippen molar-refractivity contribution < 1.29 is 18.3 Å². The second-order valence-electron chi connectivity index (χ2n) is 4.56. The quantitative estimate of drug-likeness (QED) is 0.644. The third-order valence-electron chi connectivity index (χ3n) is 3.30. The molecule has 0 heterocycles. The normalized spacial score (nSPS) is 11.0. The highest BCUT2D eigenvalue weighted by Gasteiger charge is 2.21. The molecule has 0 saturated heterocycles. The van der Waals surface area contributed by atoms with Gasteiger partial charge in [-0.15, -0.1) is 0 Å². The summed E-state index contributed by atoms with van der Waals surface area (Å²) in [6.45, 7) is 1.84. The van der Waals surface area contributed by atoms with Gasteiger partial charge in [-0.3, -0.25) is 4.79 Å². The molecule has 0 aliphatic carbocycles. The summed E-state index contributed by atoms with van der Waals surface area (Å²) in [6.07, 6.45) is 1.75. The standard InChI is InChI=1S/C15H20BrF2NO2/c1-3-12(4-2)19(10-9-16)14(20)11-5-7-13(8-6-11)21-15(17)18/h5-8,12,15H,3-4,9-10H2,1-2H3. The van der Waals surface area contributed by atoms with Gasteiger partial charge in [0.25, 0.3) is 5.91 Å². The van der Waals surface area contributed by atoms with Gasteiger partial charge < -0.3 is 9.64 Å². The Morgan fingerprint density at radius 1 is 1.24 bits per heavy atom. The van der Waals surface area contributed by atoms with Crippen molar-refractivity contribution >= 4 is 21.8 Å². The first-order valence-electron chi connectivity index (χ1n) is 6.95. The van der Waals surface area contributed by atoms with Crippen molar-refractivity contribution in [3.63, 3.8) is 0 Å². The van der Waals surface area contributed by atoms with Crippen LogP contribution in [0.25, 0.3) is 0 Å². The monoisotopic (exact) mass is 363 g/mol. The van der Waals surface area contributed by atoms with Gasteiger partial charge in [-0.05, 0) is 37.1 Å². The lowest BCUT2D eigenvalue weighted by Gasteiger charge is -2.30. The molecule has 118 valence electrons. The van der Waals surface area contributed by atoms with Crippen molar-refractivity contribution in [3.05, 3.63) is 29.8 Å². The molecule has 1 amide bonds. The van der Waals surface area contributed by atoms with Crippen LogP contribution >= 0.6 is 15.9 Å². The summed E-state index contributed by atoms with van der Waals surface area (Å²) in [6, 6.07) is 5.98. The molecule has 1 aromatic rings. The van der Waals surface area contributed by atoms with Gasteiger partial charge in [0.05, 0.1) is 0 Å². The van der Waals surface area contributed by atoms with E-state index < -0.39 is 6.61 Å². The number of benzene rings is 1. The topological polar surface area (TPSA) is 29.5 Å². The van der Waals surface area contributed by atoms with E-state index in [0.29, 0.717) is 17.4 Å². The summed E-state index contributed by atoms with van der Waals surface area (Å²) in [5.74, 6) is -0.0390. The average molecular weight is 364 g/mol. The summed E-state index contributed by atoms with van der Waals surface area (Å²) in [4.78, 5) is 14.4. The van der Waals surface area contributed by atoms with E-state index in [1.165, 1.54) is 24.3 Å². The highest BCUT2D eigenvalue weighted by atomic mass is 79.9. The van der Waals surface area contributed by atoms with E-state index in [1.807, 2.05) is 18.7 Å². The second kappa shape index (κ2) is 8.97. The zero-order valence-corrected chi connectivity index (χ0v) is 13.8. The van der Waals surface area contributed by atoms with Gasteiger partial charge in [0.15, 0.2) is 0 Å². The minimum absolute atomic E-state index is 0.0520. The van der Waals surface area contributed by atoms with Crippen LogP contribution in [0.5, 0.6) is 5.75 Å². The fraction of sp³-hybridized carbons (Fsp3) is 0.533. The lowest BCUT2D eigenvalue weighted by molar-refractivity contribution is -0.0498. The maximum absolute atomic E-state index is 12.5. The van der Waals surface area contributed by atoms with Crippen molar-refractivity contribution in [1.29, 1.82) is 0 Å². The van der Waals surface area contributed by atoms with Gasteiger partial charge >= 0.3 is 6.61 Å². The van der Waals surface area contributed by atoms with Crippen molar-refractivity contribution in [3.8, 4) is 5.75 Å². The number of ether oxygens (including phenoxy) is 1. The Bertz CT molecular complexity index is 436. The van der Waals surface area contributed by atoms with Gasteiger partial charge in [-0.2, -0.15) is 8.78 Å². The number of carbonyl (C=O) groups is 1. The molecule has 0 fully saturated rings. The predicted molar refractivity (Wildman–Crippen MR) is 82.3 cm³/mol. The molecule has 0 bridgehead atoms. The molecular formula is C15H20BrF2NO2. The van der Waals surface area contributed by atoms with Crippen molar-refractivity contribution in [1.82, 2.24) is 4.90 Å². The first kappa shape index (κ1) is 17.9. The summed E-state index contributed by atoms with van der Waals surface area (Å²) in [5.41, 5.74) is 0.476. The summed E-state index contributed by atoms with van der Waals surface area (Å²) < 4.78 is 28.5. The third kappa shape index (κ3) is 5.26. The van der Waals surface area contributed by atoms with E-state index in [9.17, 15) is 13.6 Å². The zero-order valence-electron chi connectivity index (χ0n) is 12.2. The number of amides is 1. The molecular weight excluding hydrogens is 344 g/mol. The molecule has 1 aromatic carbocycles.